The van der Waals surface area contributed by atoms with Gasteiger partial charge in [-0.2, -0.15) is 39.5 Å². The Morgan fingerprint density at radius 3 is 2.17 bits per heavy atom. The number of nitrogens with zero attached hydrogens (tertiary/aromatic N) is 1. The van der Waals surface area contributed by atoms with Gasteiger partial charge in [0, 0.05) is 42.8 Å². The van der Waals surface area contributed by atoms with Crippen molar-refractivity contribution in [3.05, 3.63) is 29.3 Å². The highest BCUT2D eigenvalue weighted by atomic mass is 33.1. The predicted molar refractivity (Wildman–Crippen MR) is 215 cm³/mol. The van der Waals surface area contributed by atoms with Crippen LogP contribution in [0.5, 0.6) is 5.75 Å². The quantitative estimate of drug-likeness (QED) is 0.0604. The fraction of sp³-hybridized carbons (Fsp3) is 0.857. The number of unbranched alkanes of at least 4 members (excludes halogenated alkanes) is 3. The van der Waals surface area contributed by atoms with E-state index in [0.717, 1.165) is 82.4 Å². The summed E-state index contributed by atoms with van der Waals surface area (Å²) < 4.78 is 135. The minimum atomic E-state index is -6.74. The number of hydrogen-bond acceptors (Lipinski definition) is 8. The highest BCUT2D eigenvalue weighted by molar-refractivity contribution is 8.77. The molecule has 3 aliphatic rings. The van der Waals surface area contributed by atoms with Crippen molar-refractivity contribution < 1.29 is 63.9 Å². The standard InChI is InChI=1S/C42H64F9NO5S2/c1-37(2,59-58-25-8-6-5-7-10-29(27-53)28-54)19-20-52(4)21-24-55-31-12-14-32-30(26-31)11-13-34-33(32)17-18-38(3)35(34)15-16-36(38)56-22-9-23-57-39(40(43,44)45,41(46,47)48)42(49,50)51/h12,14,26,29,33-36,53-54H,5-11,13,15-25,27-28H2,1-4H3/t33?,34?,35?,36-,38-/m1/s1. The maximum absolute atomic E-state index is 13.2. The van der Waals surface area contributed by atoms with E-state index >= 15 is 0 Å². The predicted octanol–water partition coefficient (Wildman–Crippen LogP) is 11.2. The highest BCUT2D eigenvalue weighted by Gasteiger charge is 2.85. The summed E-state index contributed by atoms with van der Waals surface area (Å²) in [6.45, 7) is 7.40. The Kier molecular flexibility index (Phi) is 18.4. The molecule has 2 saturated carbocycles. The van der Waals surface area contributed by atoms with Gasteiger partial charge in [-0.1, -0.05) is 53.8 Å². The van der Waals surface area contributed by atoms with Gasteiger partial charge < -0.3 is 29.3 Å². The minimum Gasteiger partial charge on any atom is -0.492 e. The van der Waals surface area contributed by atoms with Gasteiger partial charge in [-0.3, -0.25) is 0 Å². The summed E-state index contributed by atoms with van der Waals surface area (Å²) in [6.07, 6.45) is -9.55. The minimum absolute atomic E-state index is 0.0107. The first-order valence-electron chi connectivity index (χ1n) is 21.0. The smallest absolute Gasteiger partial charge is 0.435 e. The average molecular weight is 898 g/mol. The second kappa shape index (κ2) is 21.5. The molecule has 6 nitrogen and oxygen atoms in total. The molecule has 0 bridgehead atoms. The number of aryl methyl sites for hydroxylation is 1. The lowest BCUT2D eigenvalue weighted by Crippen LogP contribution is -2.67. The van der Waals surface area contributed by atoms with Gasteiger partial charge in [0.1, 0.15) is 12.4 Å². The molecule has 2 fully saturated rings. The van der Waals surface area contributed by atoms with Crippen LogP contribution in [0, 0.1) is 23.2 Å². The second-order valence-electron chi connectivity index (χ2n) is 17.6. The maximum atomic E-state index is 13.2. The maximum Gasteiger partial charge on any atom is 0.435 e. The molecule has 0 amide bonds. The largest absolute Gasteiger partial charge is 0.492 e. The number of fused-ring (bicyclic) bond motifs is 5. The lowest BCUT2D eigenvalue weighted by molar-refractivity contribution is -0.457. The van der Waals surface area contributed by atoms with Gasteiger partial charge >= 0.3 is 24.1 Å². The normalized spacial score (nSPS) is 24.1. The molecule has 0 aromatic heterocycles. The van der Waals surface area contributed by atoms with Crippen molar-refractivity contribution in [3.8, 4) is 5.75 Å². The molecule has 3 unspecified atom stereocenters. The SMILES string of the molecule is CN(CCOc1ccc2c(c1)CCC1C2CC[C@]2(C)C1CC[C@H]2OCCCOC(C(F)(F)F)(C(F)(F)F)C(F)(F)F)CCC(C)(C)SSCCCCCCC(CO)CO. The van der Waals surface area contributed by atoms with Crippen molar-refractivity contribution in [3.63, 3.8) is 0 Å². The fourth-order valence-corrected chi connectivity index (χ4v) is 12.1. The summed E-state index contributed by atoms with van der Waals surface area (Å²) in [7, 11) is 5.99. The van der Waals surface area contributed by atoms with Gasteiger partial charge in [0.05, 0.1) is 12.7 Å². The van der Waals surface area contributed by atoms with Gasteiger partial charge in [0.15, 0.2) is 0 Å². The molecule has 5 atom stereocenters. The third-order valence-electron chi connectivity index (χ3n) is 13.0. The van der Waals surface area contributed by atoms with Crippen LogP contribution >= 0.6 is 21.6 Å². The number of rotatable bonds is 24. The summed E-state index contributed by atoms with van der Waals surface area (Å²) in [6, 6.07) is 6.38. The summed E-state index contributed by atoms with van der Waals surface area (Å²) in [5.74, 6) is 3.02. The van der Waals surface area contributed by atoms with E-state index in [4.69, 9.17) is 9.47 Å². The molecule has 0 spiro atoms. The van der Waals surface area contributed by atoms with Crippen LogP contribution in [0.2, 0.25) is 0 Å². The van der Waals surface area contributed by atoms with E-state index in [1.165, 1.54) is 24.0 Å². The molecule has 0 saturated heterocycles. The Balaban J connectivity index is 1.17. The molecule has 0 heterocycles. The first-order valence-corrected chi connectivity index (χ1v) is 23.3. The van der Waals surface area contributed by atoms with Gasteiger partial charge in [0.25, 0.3) is 0 Å². The Morgan fingerprint density at radius 2 is 1.51 bits per heavy atom. The molecule has 342 valence electrons. The summed E-state index contributed by atoms with van der Waals surface area (Å²) in [5, 5.41) is 18.4. The molecule has 1 aromatic rings. The second-order valence-corrected chi connectivity index (χ2v) is 20.8. The average Bonchev–Trinajstić information content (AvgIpc) is 3.49. The number of likely N-dealkylation sites (N-methyl/N-ethyl adjacent to an activating group) is 1. The molecule has 17 heteroatoms. The summed E-state index contributed by atoms with van der Waals surface area (Å²) in [5.41, 5.74) is -3.91. The number of alkyl halides is 9. The first-order chi connectivity index (χ1) is 27.6. The Morgan fingerprint density at radius 1 is 0.831 bits per heavy atom. The number of ether oxygens (including phenoxy) is 3. The monoisotopic (exact) mass is 897 g/mol. The molecule has 4 rings (SSSR count). The van der Waals surface area contributed by atoms with Crippen molar-refractivity contribution in [1.29, 1.82) is 0 Å². The van der Waals surface area contributed by atoms with Crippen LogP contribution in [-0.4, -0.2) is 109 Å². The van der Waals surface area contributed by atoms with E-state index in [1.54, 1.807) is 0 Å². The van der Waals surface area contributed by atoms with Crippen molar-refractivity contribution in [2.45, 2.75) is 145 Å². The highest BCUT2D eigenvalue weighted by Crippen LogP contribution is 2.62. The molecule has 1 aromatic carbocycles. The molecule has 3 aliphatic carbocycles. The van der Waals surface area contributed by atoms with Crippen LogP contribution in [0.1, 0.15) is 115 Å². The topological polar surface area (TPSA) is 71.4 Å². The first kappa shape index (κ1) is 50.5. The number of benzene rings is 1. The van der Waals surface area contributed by atoms with Gasteiger partial charge in [0.2, 0.25) is 0 Å². The van der Waals surface area contributed by atoms with Crippen LogP contribution in [0.4, 0.5) is 39.5 Å². The van der Waals surface area contributed by atoms with E-state index < -0.39 is 37.2 Å². The molecule has 0 aliphatic heterocycles. The lowest BCUT2D eigenvalue weighted by atomic mass is 9.55. The number of aliphatic hydroxyl groups excluding tert-OH is 2. The summed E-state index contributed by atoms with van der Waals surface area (Å²) in [4.78, 5) is 2.30. The third-order valence-corrected chi connectivity index (χ3v) is 16.4. The molecule has 2 N–H and O–H groups in total. The number of aliphatic hydroxyl groups is 2. The molecular formula is C42H64F9NO5S2. The van der Waals surface area contributed by atoms with E-state index in [-0.39, 0.29) is 42.0 Å². The number of halogens is 9. The van der Waals surface area contributed by atoms with Gasteiger partial charge in [-0.15, -0.1) is 0 Å². The van der Waals surface area contributed by atoms with Gasteiger partial charge in [-0.05, 0) is 138 Å². The Bertz CT molecular complexity index is 1390. The molecular weight excluding hydrogens is 834 g/mol. The van der Waals surface area contributed by atoms with E-state index in [0.29, 0.717) is 30.8 Å². The van der Waals surface area contributed by atoms with Crippen LogP contribution in [0.15, 0.2) is 18.2 Å². The summed E-state index contributed by atoms with van der Waals surface area (Å²) >= 11 is 0. The van der Waals surface area contributed by atoms with E-state index in [1.807, 2.05) is 27.7 Å². The van der Waals surface area contributed by atoms with Crippen LogP contribution < -0.4 is 4.74 Å². The fourth-order valence-electron chi connectivity index (χ4n) is 9.43. The zero-order chi connectivity index (χ0) is 43.7. The Labute approximate surface area is 351 Å². The van der Waals surface area contributed by atoms with Crippen LogP contribution in [0.25, 0.3) is 0 Å². The van der Waals surface area contributed by atoms with Crippen LogP contribution in [0.3, 0.4) is 0 Å². The van der Waals surface area contributed by atoms with E-state index in [9.17, 15) is 49.7 Å². The van der Waals surface area contributed by atoms with Crippen molar-refractivity contribution in [2.75, 3.05) is 58.9 Å². The van der Waals surface area contributed by atoms with E-state index in [2.05, 4.69) is 49.6 Å². The van der Waals surface area contributed by atoms with Crippen LogP contribution in [-0.2, 0) is 15.9 Å². The van der Waals surface area contributed by atoms with Gasteiger partial charge in [-0.25, -0.2) is 0 Å². The third kappa shape index (κ3) is 12.8. The number of hydrogen-bond donors (Lipinski definition) is 2. The van der Waals surface area contributed by atoms with Crippen molar-refractivity contribution in [2.24, 2.45) is 23.2 Å². The lowest BCUT2D eigenvalue weighted by Gasteiger charge is -2.50. The Hall–Kier alpha value is -1.11. The van der Waals surface area contributed by atoms with Crippen molar-refractivity contribution >= 4 is 21.6 Å². The zero-order valence-corrected chi connectivity index (χ0v) is 36.4. The van der Waals surface area contributed by atoms with Crippen molar-refractivity contribution in [1.82, 2.24) is 4.90 Å². The molecule has 59 heavy (non-hydrogen) atoms. The zero-order valence-electron chi connectivity index (χ0n) is 34.8. The molecule has 0 radical (unpaired) electrons.